The van der Waals surface area contributed by atoms with E-state index in [-0.39, 0.29) is 17.7 Å². The third-order valence-corrected chi connectivity index (χ3v) is 4.69. The predicted molar refractivity (Wildman–Crippen MR) is 123 cm³/mol. The van der Waals surface area contributed by atoms with Crippen molar-refractivity contribution >= 4 is 18.0 Å². The lowest BCUT2D eigenvalue weighted by Crippen LogP contribution is -2.25. The van der Waals surface area contributed by atoms with Crippen LogP contribution in [0.2, 0.25) is 0 Å². The summed E-state index contributed by atoms with van der Waals surface area (Å²) in [5.41, 5.74) is 1.45. The number of nitrogens with one attached hydrogen (secondary N) is 1. The molecule has 0 aliphatic heterocycles. The highest BCUT2D eigenvalue weighted by atomic mass is 16.6. The monoisotopic (exact) mass is 452 g/mol. The Balaban J connectivity index is 2.07. The van der Waals surface area contributed by atoms with Crippen molar-refractivity contribution in [3.8, 4) is 29.1 Å². The number of benzene rings is 2. The highest BCUT2D eigenvalue weighted by Gasteiger charge is 2.13. The maximum absolute atomic E-state index is 12.4. The summed E-state index contributed by atoms with van der Waals surface area (Å²) in [4.78, 5) is 24.4. The Labute approximate surface area is 193 Å². The van der Waals surface area contributed by atoms with E-state index in [1.165, 1.54) is 13.2 Å². The van der Waals surface area contributed by atoms with Crippen LogP contribution in [-0.4, -0.2) is 39.8 Å². The number of nitrogens with zero attached hydrogens (tertiary/aromatic N) is 1. The number of carbonyl (C=O) groups is 2. The maximum Gasteiger partial charge on any atom is 0.311 e. The third kappa shape index (κ3) is 7.28. The fraction of sp³-hybridized carbons (Fsp3) is 0.320. The van der Waals surface area contributed by atoms with Crippen LogP contribution in [0, 0.1) is 11.3 Å². The van der Waals surface area contributed by atoms with Crippen molar-refractivity contribution < 1.29 is 28.5 Å². The van der Waals surface area contributed by atoms with Gasteiger partial charge >= 0.3 is 5.97 Å². The normalized spacial score (nSPS) is 10.7. The number of nitriles is 1. The highest BCUT2D eigenvalue weighted by Crippen LogP contribution is 2.30. The molecule has 2 aromatic rings. The molecule has 174 valence electrons. The number of rotatable bonds is 11. The highest BCUT2D eigenvalue weighted by molar-refractivity contribution is 6.01. The van der Waals surface area contributed by atoms with Gasteiger partial charge in [-0.2, -0.15) is 5.26 Å². The second-order valence-electron chi connectivity index (χ2n) is 7.00. The molecule has 0 saturated carbocycles. The van der Waals surface area contributed by atoms with Gasteiger partial charge in [0, 0.05) is 13.0 Å². The second kappa shape index (κ2) is 12.8. The molecule has 0 spiro atoms. The Hall–Kier alpha value is -3.99. The van der Waals surface area contributed by atoms with Gasteiger partial charge in [-0.3, -0.25) is 9.59 Å². The summed E-state index contributed by atoms with van der Waals surface area (Å²) in [5, 5.41) is 11.9. The molecule has 0 saturated heterocycles. The minimum atomic E-state index is -0.441. The Morgan fingerprint density at radius 1 is 0.970 bits per heavy atom. The van der Waals surface area contributed by atoms with Gasteiger partial charge in [0.25, 0.3) is 5.91 Å². The van der Waals surface area contributed by atoms with E-state index in [1.54, 1.807) is 38.5 Å². The minimum Gasteiger partial charge on any atom is -0.493 e. The van der Waals surface area contributed by atoms with E-state index in [0.717, 1.165) is 12.0 Å². The molecule has 0 radical (unpaired) electrons. The van der Waals surface area contributed by atoms with Gasteiger partial charge in [0.05, 0.1) is 21.3 Å². The number of amides is 1. The van der Waals surface area contributed by atoms with Gasteiger partial charge in [0.2, 0.25) is 0 Å². The molecule has 33 heavy (non-hydrogen) atoms. The molecule has 2 aromatic carbocycles. The molecule has 0 aliphatic carbocycles. The van der Waals surface area contributed by atoms with E-state index in [9.17, 15) is 14.9 Å². The molecule has 8 nitrogen and oxygen atoms in total. The lowest BCUT2D eigenvalue weighted by atomic mass is 10.1. The van der Waals surface area contributed by atoms with Gasteiger partial charge in [-0.1, -0.05) is 19.1 Å². The van der Waals surface area contributed by atoms with Crippen molar-refractivity contribution in [2.45, 2.75) is 26.2 Å². The molecule has 0 unspecified atom stereocenters. The van der Waals surface area contributed by atoms with Gasteiger partial charge in [0.1, 0.15) is 11.6 Å². The van der Waals surface area contributed by atoms with E-state index in [1.807, 2.05) is 25.1 Å². The van der Waals surface area contributed by atoms with Crippen LogP contribution in [0.4, 0.5) is 0 Å². The Kier molecular flexibility index (Phi) is 9.78. The summed E-state index contributed by atoms with van der Waals surface area (Å²) in [6.07, 6.45) is 2.83. The molecule has 2 rings (SSSR count). The SMILES string of the molecule is CCCNC(=O)/C(C#N)=C/c1ccc(OC(=O)CCc2ccc(OC)c(OC)c2)c(OC)c1. The first kappa shape index (κ1) is 25.3. The number of aryl methyl sites for hydroxylation is 1. The van der Waals surface area contributed by atoms with Crippen LogP contribution < -0.4 is 24.3 Å². The van der Waals surface area contributed by atoms with Crippen LogP contribution in [0.3, 0.4) is 0 Å². The molecular weight excluding hydrogens is 424 g/mol. The third-order valence-electron chi connectivity index (χ3n) is 4.69. The largest absolute Gasteiger partial charge is 0.493 e. The summed E-state index contributed by atoms with van der Waals surface area (Å²) in [5.74, 6) is 0.904. The Morgan fingerprint density at radius 3 is 2.27 bits per heavy atom. The number of hydrogen-bond acceptors (Lipinski definition) is 7. The zero-order chi connectivity index (χ0) is 24.2. The van der Waals surface area contributed by atoms with Gasteiger partial charge in [0.15, 0.2) is 23.0 Å². The van der Waals surface area contributed by atoms with Crippen molar-refractivity contribution in [1.29, 1.82) is 5.26 Å². The summed E-state index contributed by atoms with van der Waals surface area (Å²) in [6, 6.07) is 12.2. The number of esters is 1. The molecule has 0 heterocycles. The van der Waals surface area contributed by atoms with Crippen molar-refractivity contribution in [3.05, 3.63) is 53.1 Å². The van der Waals surface area contributed by atoms with Crippen LogP contribution in [-0.2, 0) is 16.0 Å². The number of methoxy groups -OCH3 is 3. The average Bonchev–Trinajstić information content (AvgIpc) is 2.84. The van der Waals surface area contributed by atoms with Crippen LogP contribution in [0.15, 0.2) is 42.0 Å². The van der Waals surface area contributed by atoms with Crippen LogP contribution in [0.1, 0.15) is 30.9 Å². The Morgan fingerprint density at radius 2 is 1.64 bits per heavy atom. The van der Waals surface area contributed by atoms with E-state index < -0.39 is 11.9 Å². The molecule has 1 amide bonds. The molecule has 0 fully saturated rings. The summed E-state index contributed by atoms with van der Waals surface area (Å²) < 4.78 is 21.3. The zero-order valence-electron chi connectivity index (χ0n) is 19.3. The van der Waals surface area contributed by atoms with Gasteiger partial charge in [-0.15, -0.1) is 0 Å². The number of carbonyl (C=O) groups excluding carboxylic acids is 2. The molecular formula is C25H28N2O6. The van der Waals surface area contributed by atoms with Crippen molar-refractivity contribution in [2.24, 2.45) is 0 Å². The molecule has 0 atom stereocenters. The van der Waals surface area contributed by atoms with E-state index >= 15 is 0 Å². The van der Waals surface area contributed by atoms with Gasteiger partial charge < -0.3 is 24.3 Å². The first-order valence-electron chi connectivity index (χ1n) is 10.4. The Bertz CT molecular complexity index is 1060. The first-order valence-corrected chi connectivity index (χ1v) is 10.4. The first-order chi connectivity index (χ1) is 15.9. The fourth-order valence-corrected chi connectivity index (χ4v) is 2.96. The summed E-state index contributed by atoms with van der Waals surface area (Å²) >= 11 is 0. The lowest BCUT2D eigenvalue weighted by Gasteiger charge is -2.11. The molecule has 0 aliphatic rings. The van der Waals surface area contributed by atoms with Crippen molar-refractivity contribution in [1.82, 2.24) is 5.32 Å². The smallest absolute Gasteiger partial charge is 0.311 e. The molecule has 8 heteroatoms. The summed E-state index contributed by atoms with van der Waals surface area (Å²) in [6.45, 7) is 2.41. The molecule has 0 bridgehead atoms. The van der Waals surface area contributed by atoms with Gasteiger partial charge in [-0.05, 0) is 54.3 Å². The minimum absolute atomic E-state index is 0.0230. The van der Waals surface area contributed by atoms with E-state index in [4.69, 9.17) is 18.9 Å². The number of hydrogen-bond donors (Lipinski definition) is 1. The van der Waals surface area contributed by atoms with Crippen LogP contribution in [0.5, 0.6) is 23.0 Å². The van der Waals surface area contributed by atoms with Gasteiger partial charge in [-0.25, -0.2) is 0 Å². The van der Waals surface area contributed by atoms with E-state index in [0.29, 0.717) is 35.8 Å². The van der Waals surface area contributed by atoms with Crippen LogP contribution >= 0.6 is 0 Å². The topological polar surface area (TPSA) is 107 Å². The van der Waals surface area contributed by atoms with Crippen molar-refractivity contribution in [2.75, 3.05) is 27.9 Å². The molecule has 0 aromatic heterocycles. The second-order valence-corrected chi connectivity index (χ2v) is 7.00. The quantitative estimate of drug-likeness (QED) is 0.240. The standard InChI is InChI=1S/C25H28N2O6/c1-5-12-27-25(29)19(16-26)13-18-7-10-21(23(15-18)32-4)33-24(28)11-8-17-6-9-20(30-2)22(14-17)31-3/h6-7,9-10,13-15H,5,8,11-12H2,1-4H3,(H,27,29)/b19-13+. The van der Waals surface area contributed by atoms with Crippen LogP contribution in [0.25, 0.3) is 6.08 Å². The average molecular weight is 453 g/mol. The summed E-state index contributed by atoms with van der Waals surface area (Å²) in [7, 11) is 4.56. The molecule has 1 N–H and O–H groups in total. The number of ether oxygens (including phenoxy) is 4. The predicted octanol–water partition coefficient (Wildman–Crippen LogP) is 3.68. The van der Waals surface area contributed by atoms with Crippen molar-refractivity contribution in [3.63, 3.8) is 0 Å². The lowest BCUT2D eigenvalue weighted by molar-refractivity contribution is -0.134. The maximum atomic E-state index is 12.4. The zero-order valence-corrected chi connectivity index (χ0v) is 19.3. The van der Waals surface area contributed by atoms with E-state index in [2.05, 4.69) is 5.32 Å². The fourth-order valence-electron chi connectivity index (χ4n) is 2.96.